The molecule has 0 saturated carbocycles. The van der Waals surface area contributed by atoms with Crippen LogP contribution in [-0.2, 0) is 4.79 Å². The van der Waals surface area contributed by atoms with Gasteiger partial charge in [-0.25, -0.2) is 9.97 Å². The molecule has 3 heterocycles. The van der Waals surface area contributed by atoms with Gasteiger partial charge in [0.05, 0.1) is 0 Å². The second-order valence-corrected chi connectivity index (χ2v) is 6.52. The molecule has 2 aromatic rings. The molecule has 2 aromatic heterocycles. The van der Waals surface area contributed by atoms with E-state index in [-0.39, 0.29) is 18.2 Å². The van der Waals surface area contributed by atoms with Gasteiger partial charge in [0.2, 0.25) is 0 Å². The lowest BCUT2D eigenvalue weighted by Gasteiger charge is -2.32. The van der Waals surface area contributed by atoms with Crippen molar-refractivity contribution in [3.63, 3.8) is 0 Å². The largest absolute Gasteiger partial charge is 0.481 e. The summed E-state index contributed by atoms with van der Waals surface area (Å²) < 4.78 is 0. The molecule has 1 aliphatic heterocycles. The number of likely N-dealkylation sites (tertiary alicyclic amines) is 1. The summed E-state index contributed by atoms with van der Waals surface area (Å²) in [4.78, 5) is 34.4. The fourth-order valence-corrected chi connectivity index (χ4v) is 3.68. The lowest BCUT2D eigenvalue weighted by Crippen LogP contribution is -2.40. The van der Waals surface area contributed by atoms with Crippen molar-refractivity contribution in [1.29, 1.82) is 0 Å². The first-order chi connectivity index (χ1) is 10.6. The summed E-state index contributed by atoms with van der Waals surface area (Å²) in [6.07, 6.45) is 4.38. The molecule has 0 aromatic carbocycles. The van der Waals surface area contributed by atoms with Crippen LogP contribution in [-0.4, -0.2) is 44.9 Å². The Morgan fingerprint density at radius 2 is 2.32 bits per heavy atom. The Morgan fingerprint density at radius 1 is 1.45 bits per heavy atom. The van der Waals surface area contributed by atoms with Crippen molar-refractivity contribution in [2.45, 2.75) is 25.7 Å². The van der Waals surface area contributed by atoms with Gasteiger partial charge in [0.1, 0.15) is 10.3 Å². The van der Waals surface area contributed by atoms with Gasteiger partial charge in [-0.3, -0.25) is 9.59 Å². The molecule has 0 bridgehead atoms. The van der Waals surface area contributed by atoms with Gasteiger partial charge < -0.3 is 10.0 Å². The third-order valence-electron chi connectivity index (χ3n) is 3.92. The highest BCUT2D eigenvalue weighted by atomic mass is 32.1. The minimum absolute atomic E-state index is 0.0666. The van der Waals surface area contributed by atoms with Crippen LogP contribution in [0.3, 0.4) is 0 Å². The molecule has 0 spiro atoms. The monoisotopic (exact) mass is 319 g/mol. The average Bonchev–Trinajstić information content (AvgIpc) is 2.96. The van der Waals surface area contributed by atoms with Crippen LogP contribution in [0, 0.1) is 5.92 Å². The zero-order valence-corrected chi connectivity index (χ0v) is 12.9. The minimum atomic E-state index is -0.777. The summed E-state index contributed by atoms with van der Waals surface area (Å²) in [5, 5.41) is 9.25. The number of thiazole rings is 1. The highest BCUT2D eigenvalue weighted by Gasteiger charge is 2.26. The summed E-state index contributed by atoms with van der Waals surface area (Å²) in [5.41, 5.74) is 0.746. The van der Waals surface area contributed by atoms with Crippen molar-refractivity contribution in [2.75, 3.05) is 13.1 Å². The van der Waals surface area contributed by atoms with Gasteiger partial charge in [0.15, 0.2) is 5.01 Å². The molecule has 1 amide bonds. The van der Waals surface area contributed by atoms with Crippen molar-refractivity contribution >= 4 is 33.6 Å². The molecule has 1 saturated heterocycles. The predicted molar refractivity (Wildman–Crippen MR) is 82.9 cm³/mol. The SMILES string of the molecule is O=C(O)CCC1CCCN(C(=O)c2nc3cccnc3s2)C1. The van der Waals surface area contributed by atoms with Crippen molar-refractivity contribution in [3.8, 4) is 0 Å². The molecule has 1 N–H and O–H groups in total. The molecule has 22 heavy (non-hydrogen) atoms. The molecule has 1 atom stereocenters. The Labute approximate surface area is 131 Å². The van der Waals surface area contributed by atoms with E-state index in [0.717, 1.165) is 23.2 Å². The first-order valence-electron chi connectivity index (χ1n) is 7.36. The van der Waals surface area contributed by atoms with Crippen LogP contribution < -0.4 is 0 Å². The molecule has 1 aliphatic rings. The van der Waals surface area contributed by atoms with Gasteiger partial charge in [-0.1, -0.05) is 11.3 Å². The summed E-state index contributed by atoms with van der Waals surface area (Å²) in [5.74, 6) is -0.579. The lowest BCUT2D eigenvalue weighted by molar-refractivity contribution is -0.137. The highest BCUT2D eigenvalue weighted by molar-refractivity contribution is 7.19. The van der Waals surface area contributed by atoms with Crippen molar-refractivity contribution in [2.24, 2.45) is 5.92 Å². The zero-order valence-electron chi connectivity index (χ0n) is 12.1. The molecule has 1 unspecified atom stereocenters. The first-order valence-corrected chi connectivity index (χ1v) is 8.18. The number of piperidine rings is 1. The van der Waals surface area contributed by atoms with Gasteiger partial charge in [-0.15, -0.1) is 0 Å². The van der Waals surface area contributed by atoms with Crippen LogP contribution >= 0.6 is 11.3 Å². The number of carbonyl (C=O) groups excluding carboxylic acids is 1. The van der Waals surface area contributed by atoms with Gasteiger partial charge >= 0.3 is 5.97 Å². The summed E-state index contributed by atoms with van der Waals surface area (Å²) in [6, 6.07) is 3.65. The molecular weight excluding hydrogens is 302 g/mol. The van der Waals surface area contributed by atoms with E-state index in [1.807, 2.05) is 6.07 Å². The molecule has 7 heteroatoms. The van der Waals surface area contributed by atoms with Crippen LogP contribution in [0.25, 0.3) is 10.3 Å². The van der Waals surface area contributed by atoms with Gasteiger partial charge in [0.25, 0.3) is 5.91 Å². The summed E-state index contributed by atoms with van der Waals surface area (Å²) >= 11 is 1.31. The molecule has 0 aliphatic carbocycles. The number of carboxylic acids is 1. The Morgan fingerprint density at radius 3 is 3.09 bits per heavy atom. The van der Waals surface area contributed by atoms with E-state index >= 15 is 0 Å². The van der Waals surface area contributed by atoms with Gasteiger partial charge in [-0.05, 0) is 37.3 Å². The van der Waals surface area contributed by atoms with E-state index in [9.17, 15) is 9.59 Å². The zero-order chi connectivity index (χ0) is 15.5. The van der Waals surface area contributed by atoms with Crippen LogP contribution in [0.4, 0.5) is 0 Å². The van der Waals surface area contributed by atoms with Gasteiger partial charge in [0, 0.05) is 25.7 Å². The minimum Gasteiger partial charge on any atom is -0.481 e. The maximum atomic E-state index is 12.6. The molecule has 0 radical (unpaired) electrons. The average molecular weight is 319 g/mol. The predicted octanol–water partition coefficient (Wildman–Crippen LogP) is 2.41. The van der Waals surface area contributed by atoms with E-state index < -0.39 is 5.97 Å². The van der Waals surface area contributed by atoms with Crippen LogP contribution in [0.2, 0.25) is 0 Å². The first kappa shape index (κ1) is 14.9. The number of aliphatic carboxylic acids is 1. The second-order valence-electron chi connectivity index (χ2n) is 5.54. The number of hydrogen-bond acceptors (Lipinski definition) is 5. The second kappa shape index (κ2) is 6.39. The van der Waals surface area contributed by atoms with Gasteiger partial charge in [-0.2, -0.15) is 0 Å². The summed E-state index contributed by atoms with van der Waals surface area (Å²) in [6.45, 7) is 1.33. The molecule has 6 nitrogen and oxygen atoms in total. The molecule has 1 fully saturated rings. The fourth-order valence-electron chi connectivity index (χ4n) is 2.81. The van der Waals surface area contributed by atoms with Crippen molar-refractivity contribution in [1.82, 2.24) is 14.9 Å². The number of aromatic nitrogens is 2. The number of carboxylic acid groups (broad SMARTS) is 1. The number of pyridine rings is 1. The topological polar surface area (TPSA) is 83.4 Å². The Kier molecular flexibility index (Phi) is 4.33. The third-order valence-corrected chi connectivity index (χ3v) is 4.89. The number of nitrogens with zero attached hydrogens (tertiary/aromatic N) is 3. The Bertz CT molecular complexity index is 667. The van der Waals surface area contributed by atoms with Crippen molar-refractivity contribution in [3.05, 3.63) is 23.3 Å². The number of hydrogen-bond donors (Lipinski definition) is 1. The maximum absolute atomic E-state index is 12.6. The number of amides is 1. The lowest BCUT2D eigenvalue weighted by atomic mass is 9.93. The van der Waals surface area contributed by atoms with E-state index in [1.165, 1.54) is 11.3 Å². The molecule has 116 valence electrons. The Balaban J connectivity index is 1.69. The number of fused-ring (bicyclic) bond motifs is 1. The van der Waals surface area contributed by atoms with Crippen molar-refractivity contribution < 1.29 is 14.7 Å². The normalized spacial score (nSPS) is 18.5. The number of carbonyl (C=O) groups is 2. The van der Waals surface area contributed by atoms with Crippen LogP contribution in [0.15, 0.2) is 18.3 Å². The van der Waals surface area contributed by atoms with E-state index in [1.54, 1.807) is 17.2 Å². The third kappa shape index (κ3) is 3.24. The van der Waals surface area contributed by atoms with E-state index in [2.05, 4.69) is 9.97 Å². The van der Waals surface area contributed by atoms with Crippen LogP contribution in [0.1, 0.15) is 35.5 Å². The molecule has 3 rings (SSSR count). The quantitative estimate of drug-likeness (QED) is 0.935. The number of rotatable bonds is 4. The highest BCUT2D eigenvalue weighted by Crippen LogP contribution is 2.25. The smallest absolute Gasteiger partial charge is 0.303 e. The van der Waals surface area contributed by atoms with E-state index in [0.29, 0.717) is 24.5 Å². The molecular formula is C15H17N3O3S. The maximum Gasteiger partial charge on any atom is 0.303 e. The fraction of sp³-hybridized carbons (Fsp3) is 0.467. The standard InChI is InChI=1S/C15H17N3O3S/c19-12(20)6-5-10-3-2-8-18(9-10)15(21)14-17-11-4-1-7-16-13(11)22-14/h1,4,7,10H,2-3,5-6,8-9H2,(H,19,20). The summed E-state index contributed by atoms with van der Waals surface area (Å²) in [7, 11) is 0. The van der Waals surface area contributed by atoms with E-state index in [4.69, 9.17) is 5.11 Å². The van der Waals surface area contributed by atoms with Crippen LogP contribution in [0.5, 0.6) is 0 Å². The Hall–Kier alpha value is -2.02.